The maximum absolute atomic E-state index is 12.7. The van der Waals surface area contributed by atoms with Gasteiger partial charge in [0.1, 0.15) is 0 Å². The lowest BCUT2D eigenvalue weighted by atomic mass is 9.83. The van der Waals surface area contributed by atoms with E-state index >= 15 is 0 Å². The van der Waals surface area contributed by atoms with Crippen molar-refractivity contribution in [2.75, 3.05) is 5.32 Å². The molecule has 1 atom stereocenters. The van der Waals surface area contributed by atoms with E-state index in [-0.39, 0.29) is 0 Å². The molecule has 1 heterocycles. The molecule has 1 N–H and O–H groups in total. The van der Waals surface area contributed by atoms with Crippen molar-refractivity contribution in [2.24, 2.45) is 5.92 Å². The molecule has 0 amide bonds. The van der Waals surface area contributed by atoms with Crippen molar-refractivity contribution in [1.29, 1.82) is 0 Å². The molecule has 0 aromatic heterocycles. The first-order chi connectivity index (χ1) is 9.04. The molecule has 1 aliphatic heterocycles. The summed E-state index contributed by atoms with van der Waals surface area (Å²) in [6, 6.07) is 4.40. The lowest BCUT2D eigenvalue weighted by Gasteiger charge is -2.27. The van der Waals surface area contributed by atoms with Gasteiger partial charge in [-0.15, -0.1) is 0 Å². The highest BCUT2D eigenvalue weighted by molar-refractivity contribution is 5.58. The molecule has 1 nitrogen and oxygen atoms in total. The van der Waals surface area contributed by atoms with Gasteiger partial charge in [0.05, 0.1) is 5.56 Å². The zero-order valence-electron chi connectivity index (χ0n) is 10.8. The predicted molar refractivity (Wildman–Crippen MR) is 69.1 cm³/mol. The monoisotopic (exact) mass is 269 g/mol. The molecule has 0 radical (unpaired) electrons. The number of rotatable bonds is 1. The molecule has 2 aliphatic rings. The standard InChI is InChI=1S/C15H18F3N/c16-15(17,18)12-6-7-13-11(8-12)9-14(19-13)10-4-2-1-3-5-10/h6-8,10,14,19H,1-5,9H2. The summed E-state index contributed by atoms with van der Waals surface area (Å²) in [6.45, 7) is 0. The molecule has 0 bridgehead atoms. The van der Waals surface area contributed by atoms with Crippen molar-refractivity contribution in [3.05, 3.63) is 29.3 Å². The van der Waals surface area contributed by atoms with Gasteiger partial charge >= 0.3 is 6.18 Å². The molecular formula is C15H18F3N. The summed E-state index contributed by atoms with van der Waals surface area (Å²) < 4.78 is 38.1. The number of alkyl halides is 3. The van der Waals surface area contributed by atoms with Gasteiger partial charge < -0.3 is 5.32 Å². The van der Waals surface area contributed by atoms with E-state index in [0.29, 0.717) is 12.0 Å². The Morgan fingerprint density at radius 1 is 1.05 bits per heavy atom. The van der Waals surface area contributed by atoms with Gasteiger partial charge in [0.15, 0.2) is 0 Å². The molecule has 3 rings (SSSR count). The third kappa shape index (κ3) is 2.58. The summed E-state index contributed by atoms with van der Waals surface area (Å²) in [5.74, 6) is 0.621. The van der Waals surface area contributed by atoms with E-state index in [9.17, 15) is 13.2 Å². The largest absolute Gasteiger partial charge is 0.416 e. The van der Waals surface area contributed by atoms with Crippen LogP contribution in [0.2, 0.25) is 0 Å². The van der Waals surface area contributed by atoms with Gasteiger partial charge in [-0.05, 0) is 48.9 Å². The molecule has 19 heavy (non-hydrogen) atoms. The Morgan fingerprint density at radius 2 is 1.79 bits per heavy atom. The minimum Gasteiger partial charge on any atom is -0.381 e. The number of anilines is 1. The average molecular weight is 269 g/mol. The first kappa shape index (κ1) is 12.8. The van der Waals surface area contributed by atoms with E-state index in [0.717, 1.165) is 17.7 Å². The third-order valence-electron chi connectivity index (χ3n) is 4.43. The van der Waals surface area contributed by atoms with Crippen molar-refractivity contribution in [3.8, 4) is 0 Å². The van der Waals surface area contributed by atoms with Crippen molar-refractivity contribution in [3.63, 3.8) is 0 Å². The van der Waals surface area contributed by atoms with Gasteiger partial charge in [-0.25, -0.2) is 0 Å². The molecular weight excluding hydrogens is 251 g/mol. The molecule has 104 valence electrons. The third-order valence-corrected chi connectivity index (χ3v) is 4.43. The summed E-state index contributed by atoms with van der Waals surface area (Å²) in [5, 5.41) is 3.42. The molecule has 0 saturated heterocycles. The summed E-state index contributed by atoms with van der Waals surface area (Å²) in [6.07, 6.45) is 2.73. The first-order valence-electron chi connectivity index (χ1n) is 7.01. The second kappa shape index (κ2) is 4.73. The van der Waals surface area contributed by atoms with Gasteiger partial charge in [0, 0.05) is 11.7 Å². The topological polar surface area (TPSA) is 12.0 Å². The lowest BCUT2D eigenvalue weighted by molar-refractivity contribution is -0.137. The molecule has 4 heteroatoms. The van der Waals surface area contributed by atoms with E-state index in [1.807, 2.05) is 0 Å². The van der Waals surface area contributed by atoms with Crippen LogP contribution in [-0.2, 0) is 12.6 Å². The zero-order valence-corrected chi connectivity index (χ0v) is 10.8. The van der Waals surface area contributed by atoms with Crippen LogP contribution in [0, 0.1) is 5.92 Å². The number of hydrogen-bond donors (Lipinski definition) is 1. The quantitative estimate of drug-likeness (QED) is 0.784. The fourth-order valence-corrected chi connectivity index (χ4v) is 3.39. The van der Waals surface area contributed by atoms with Crippen molar-refractivity contribution in [1.82, 2.24) is 0 Å². The lowest BCUT2D eigenvalue weighted by Crippen LogP contribution is -2.28. The molecule has 1 fully saturated rings. The Morgan fingerprint density at radius 3 is 2.47 bits per heavy atom. The van der Waals surface area contributed by atoms with Crippen molar-refractivity contribution < 1.29 is 13.2 Å². The molecule has 1 saturated carbocycles. The Kier molecular flexibility index (Phi) is 3.19. The van der Waals surface area contributed by atoms with Crippen LogP contribution in [0.15, 0.2) is 18.2 Å². The Bertz CT molecular complexity index is 461. The number of benzene rings is 1. The Balaban J connectivity index is 1.76. The van der Waals surface area contributed by atoms with E-state index in [4.69, 9.17) is 0 Å². The summed E-state index contributed by atoms with van der Waals surface area (Å²) in [5.41, 5.74) is 1.19. The van der Waals surface area contributed by atoms with Gasteiger partial charge in [0.25, 0.3) is 0 Å². The van der Waals surface area contributed by atoms with Crippen molar-refractivity contribution >= 4 is 5.69 Å². The van der Waals surface area contributed by atoms with Crippen LogP contribution >= 0.6 is 0 Å². The number of halogens is 3. The van der Waals surface area contributed by atoms with Crippen LogP contribution < -0.4 is 5.32 Å². The molecule has 1 unspecified atom stereocenters. The van der Waals surface area contributed by atoms with Crippen LogP contribution in [0.5, 0.6) is 0 Å². The molecule has 1 aromatic carbocycles. The fraction of sp³-hybridized carbons (Fsp3) is 0.600. The number of nitrogens with one attached hydrogen (secondary N) is 1. The van der Waals surface area contributed by atoms with E-state index in [1.54, 1.807) is 6.07 Å². The summed E-state index contributed by atoms with van der Waals surface area (Å²) in [7, 11) is 0. The number of fused-ring (bicyclic) bond motifs is 1. The highest BCUT2D eigenvalue weighted by atomic mass is 19.4. The van der Waals surface area contributed by atoms with E-state index in [1.165, 1.54) is 44.2 Å². The maximum atomic E-state index is 12.7. The summed E-state index contributed by atoms with van der Waals surface area (Å²) >= 11 is 0. The highest BCUT2D eigenvalue weighted by Gasteiger charge is 2.34. The van der Waals surface area contributed by atoms with Gasteiger partial charge in [-0.3, -0.25) is 0 Å². The molecule has 0 spiro atoms. The minimum absolute atomic E-state index is 0.332. The fourth-order valence-electron chi connectivity index (χ4n) is 3.39. The van der Waals surface area contributed by atoms with Crippen LogP contribution in [0.1, 0.15) is 43.2 Å². The SMILES string of the molecule is FC(F)(F)c1ccc2c(c1)CC(C1CCCCC1)N2. The van der Waals surface area contributed by atoms with Crippen LogP contribution in [0.4, 0.5) is 18.9 Å². The zero-order chi connectivity index (χ0) is 13.5. The maximum Gasteiger partial charge on any atom is 0.416 e. The Labute approximate surface area is 111 Å². The van der Waals surface area contributed by atoms with Crippen LogP contribution in [-0.4, -0.2) is 6.04 Å². The van der Waals surface area contributed by atoms with Crippen LogP contribution in [0.25, 0.3) is 0 Å². The Hall–Kier alpha value is -1.19. The first-order valence-corrected chi connectivity index (χ1v) is 7.01. The second-order valence-corrected chi connectivity index (χ2v) is 5.72. The smallest absolute Gasteiger partial charge is 0.381 e. The second-order valence-electron chi connectivity index (χ2n) is 5.72. The highest BCUT2D eigenvalue weighted by Crippen LogP contribution is 2.38. The molecule has 1 aromatic rings. The van der Waals surface area contributed by atoms with Crippen molar-refractivity contribution in [2.45, 2.75) is 50.7 Å². The van der Waals surface area contributed by atoms with Gasteiger partial charge in [0.2, 0.25) is 0 Å². The van der Waals surface area contributed by atoms with E-state index in [2.05, 4.69) is 5.32 Å². The predicted octanol–water partition coefficient (Wildman–Crippen LogP) is 4.62. The van der Waals surface area contributed by atoms with Crippen LogP contribution in [0.3, 0.4) is 0 Å². The summed E-state index contributed by atoms with van der Waals surface area (Å²) in [4.78, 5) is 0. The normalized spacial score (nSPS) is 24.1. The average Bonchev–Trinajstić information content (AvgIpc) is 2.81. The minimum atomic E-state index is -4.24. The number of hydrogen-bond acceptors (Lipinski definition) is 1. The molecule has 1 aliphatic carbocycles. The van der Waals surface area contributed by atoms with E-state index < -0.39 is 11.7 Å². The van der Waals surface area contributed by atoms with Gasteiger partial charge in [-0.1, -0.05) is 19.3 Å². The van der Waals surface area contributed by atoms with Gasteiger partial charge in [-0.2, -0.15) is 13.2 Å².